The molecule has 0 bridgehead atoms. The predicted molar refractivity (Wildman–Crippen MR) is 87.5 cm³/mol. The number of pyridine rings is 1. The summed E-state index contributed by atoms with van der Waals surface area (Å²) in [7, 11) is 0. The van der Waals surface area contributed by atoms with Crippen LogP contribution in [0.15, 0.2) is 30.6 Å². The van der Waals surface area contributed by atoms with Crippen molar-refractivity contribution in [3.05, 3.63) is 36.3 Å². The van der Waals surface area contributed by atoms with Crippen LogP contribution in [0.2, 0.25) is 0 Å². The Bertz CT molecular complexity index is 752. The summed E-state index contributed by atoms with van der Waals surface area (Å²) in [5, 5.41) is 9.55. The van der Waals surface area contributed by atoms with Crippen molar-refractivity contribution in [2.24, 2.45) is 5.92 Å². The van der Waals surface area contributed by atoms with E-state index in [1.807, 2.05) is 35.0 Å². The van der Waals surface area contributed by atoms with E-state index >= 15 is 0 Å². The number of hydrogen-bond donors (Lipinski definition) is 1. The number of rotatable bonds is 3. The van der Waals surface area contributed by atoms with Crippen LogP contribution < -0.4 is 0 Å². The number of fused-ring (bicyclic) bond motifs is 2. The molecule has 1 aliphatic carbocycles. The van der Waals surface area contributed by atoms with Crippen molar-refractivity contribution in [2.45, 2.75) is 50.6 Å². The molecule has 0 spiro atoms. The molecule has 24 heavy (non-hydrogen) atoms. The van der Waals surface area contributed by atoms with Crippen molar-refractivity contribution in [1.29, 1.82) is 0 Å². The molecule has 126 valence electrons. The van der Waals surface area contributed by atoms with Crippen molar-refractivity contribution in [1.82, 2.24) is 14.3 Å². The maximum absolute atomic E-state index is 12.9. The summed E-state index contributed by atoms with van der Waals surface area (Å²) in [5.74, 6) is -0.655. The number of aliphatic carboxylic acids is 1. The van der Waals surface area contributed by atoms with Crippen LogP contribution in [0.25, 0.3) is 5.65 Å². The molecule has 1 amide bonds. The third-order valence-corrected chi connectivity index (χ3v) is 5.41. The first-order valence-electron chi connectivity index (χ1n) is 8.60. The molecule has 1 saturated carbocycles. The Kier molecular flexibility index (Phi) is 3.75. The van der Waals surface area contributed by atoms with Gasteiger partial charge in [0.25, 0.3) is 0 Å². The summed E-state index contributed by atoms with van der Waals surface area (Å²) in [6, 6.07) is 5.11. The fourth-order valence-corrected chi connectivity index (χ4v) is 4.36. The number of likely N-dealkylation sites (tertiary alicyclic amines) is 1. The predicted octanol–water partition coefficient (Wildman–Crippen LogP) is 2.12. The van der Waals surface area contributed by atoms with Crippen LogP contribution in [-0.4, -0.2) is 43.4 Å². The molecule has 1 aliphatic heterocycles. The normalized spacial score (nSPS) is 26.5. The lowest BCUT2D eigenvalue weighted by molar-refractivity contribution is -0.149. The van der Waals surface area contributed by atoms with Crippen LogP contribution in [0, 0.1) is 5.92 Å². The Balaban J connectivity index is 1.58. The number of amides is 1. The smallest absolute Gasteiger partial charge is 0.326 e. The number of aromatic nitrogens is 2. The lowest BCUT2D eigenvalue weighted by atomic mass is 9.84. The van der Waals surface area contributed by atoms with E-state index < -0.39 is 12.0 Å². The van der Waals surface area contributed by atoms with E-state index in [9.17, 15) is 14.7 Å². The maximum Gasteiger partial charge on any atom is 0.326 e. The van der Waals surface area contributed by atoms with Crippen LogP contribution in [0.4, 0.5) is 0 Å². The van der Waals surface area contributed by atoms with Gasteiger partial charge in [0.15, 0.2) is 0 Å². The zero-order valence-corrected chi connectivity index (χ0v) is 13.5. The molecule has 4 rings (SSSR count). The van der Waals surface area contributed by atoms with Gasteiger partial charge in [-0.3, -0.25) is 4.79 Å². The van der Waals surface area contributed by atoms with Crippen molar-refractivity contribution in [3.63, 3.8) is 0 Å². The van der Waals surface area contributed by atoms with Crippen molar-refractivity contribution in [2.75, 3.05) is 0 Å². The minimum absolute atomic E-state index is 0.0874. The second kappa shape index (κ2) is 5.92. The average molecular weight is 327 g/mol. The van der Waals surface area contributed by atoms with Crippen LogP contribution in [0.5, 0.6) is 0 Å². The number of carbonyl (C=O) groups is 2. The Labute approximate surface area is 140 Å². The average Bonchev–Trinajstić information content (AvgIpc) is 3.15. The molecule has 2 fully saturated rings. The fourth-order valence-electron chi connectivity index (χ4n) is 4.36. The molecule has 3 heterocycles. The van der Waals surface area contributed by atoms with Gasteiger partial charge in [-0.15, -0.1) is 0 Å². The minimum Gasteiger partial charge on any atom is -0.480 e. The van der Waals surface area contributed by atoms with Crippen molar-refractivity contribution >= 4 is 17.5 Å². The monoisotopic (exact) mass is 327 g/mol. The van der Waals surface area contributed by atoms with Gasteiger partial charge in [-0.2, -0.15) is 0 Å². The molecule has 1 saturated heterocycles. The van der Waals surface area contributed by atoms with E-state index in [1.165, 1.54) is 0 Å². The standard InChI is InChI=1S/C18H21N3O3/c22-17(10-13-11-20-8-4-3-7-16(20)19-13)21-14-6-2-1-5-12(14)9-15(21)18(23)24/h3-4,7-8,11-12,14-15H,1-2,5-6,9-10H2,(H,23,24)/t12-,14+,15+/m1/s1. The molecule has 0 aromatic carbocycles. The number of hydrogen-bond acceptors (Lipinski definition) is 3. The van der Waals surface area contributed by atoms with Gasteiger partial charge < -0.3 is 14.4 Å². The summed E-state index contributed by atoms with van der Waals surface area (Å²) in [6.45, 7) is 0. The van der Waals surface area contributed by atoms with Gasteiger partial charge in [0.1, 0.15) is 11.7 Å². The lowest BCUT2D eigenvalue weighted by Gasteiger charge is -2.32. The summed E-state index contributed by atoms with van der Waals surface area (Å²) < 4.78 is 1.88. The number of nitrogens with zero attached hydrogens (tertiary/aromatic N) is 3. The van der Waals surface area contributed by atoms with Crippen LogP contribution >= 0.6 is 0 Å². The van der Waals surface area contributed by atoms with Crippen LogP contribution in [0.1, 0.15) is 37.8 Å². The van der Waals surface area contributed by atoms with Gasteiger partial charge in [0.05, 0.1) is 12.1 Å². The highest BCUT2D eigenvalue weighted by Crippen LogP contribution is 2.40. The molecule has 1 N–H and O–H groups in total. The number of imidazole rings is 1. The Morgan fingerprint density at radius 3 is 2.88 bits per heavy atom. The van der Waals surface area contributed by atoms with Crippen LogP contribution in [0.3, 0.4) is 0 Å². The Morgan fingerprint density at radius 2 is 2.08 bits per heavy atom. The fraction of sp³-hybridized carbons (Fsp3) is 0.500. The second-order valence-corrected chi connectivity index (χ2v) is 6.88. The number of carbonyl (C=O) groups excluding carboxylic acids is 1. The number of carboxylic acids is 1. The van der Waals surface area contributed by atoms with Crippen LogP contribution in [-0.2, 0) is 16.0 Å². The molecule has 2 aromatic heterocycles. The largest absolute Gasteiger partial charge is 0.480 e. The molecule has 6 heteroatoms. The lowest BCUT2D eigenvalue weighted by Crippen LogP contribution is -2.46. The van der Waals surface area contributed by atoms with E-state index in [2.05, 4.69) is 4.98 Å². The third kappa shape index (κ3) is 2.56. The molecule has 2 aliphatic rings. The summed E-state index contributed by atoms with van der Waals surface area (Å²) in [5.41, 5.74) is 1.49. The van der Waals surface area contributed by atoms with E-state index in [4.69, 9.17) is 0 Å². The summed E-state index contributed by atoms with van der Waals surface area (Å²) >= 11 is 0. The van der Waals surface area contributed by atoms with Crippen molar-refractivity contribution in [3.8, 4) is 0 Å². The molecule has 2 aromatic rings. The SMILES string of the molecule is O=C(O)[C@@H]1C[C@H]2CCCC[C@@H]2N1C(=O)Cc1cn2ccccc2n1. The molecule has 0 radical (unpaired) electrons. The molecule has 6 nitrogen and oxygen atoms in total. The molecule has 3 atom stereocenters. The zero-order chi connectivity index (χ0) is 16.7. The highest BCUT2D eigenvalue weighted by molar-refractivity contribution is 5.86. The third-order valence-electron chi connectivity index (χ3n) is 5.41. The summed E-state index contributed by atoms with van der Waals surface area (Å²) in [6.07, 6.45) is 8.66. The zero-order valence-electron chi connectivity index (χ0n) is 13.5. The molecular formula is C18H21N3O3. The Morgan fingerprint density at radius 1 is 1.25 bits per heavy atom. The quantitative estimate of drug-likeness (QED) is 0.937. The van der Waals surface area contributed by atoms with Gasteiger partial charge in [0, 0.05) is 18.4 Å². The van der Waals surface area contributed by atoms with E-state index in [1.54, 1.807) is 4.90 Å². The minimum atomic E-state index is -0.882. The van der Waals surface area contributed by atoms with E-state index in [-0.39, 0.29) is 18.4 Å². The highest BCUT2D eigenvalue weighted by Gasteiger charge is 2.47. The topological polar surface area (TPSA) is 74.9 Å². The van der Waals surface area contributed by atoms with Crippen molar-refractivity contribution < 1.29 is 14.7 Å². The van der Waals surface area contributed by atoms with E-state index in [0.717, 1.165) is 31.3 Å². The maximum atomic E-state index is 12.9. The first-order valence-corrected chi connectivity index (χ1v) is 8.60. The Hall–Kier alpha value is -2.37. The first-order chi connectivity index (χ1) is 11.6. The summed E-state index contributed by atoms with van der Waals surface area (Å²) in [4.78, 5) is 30.6. The van der Waals surface area contributed by atoms with Gasteiger partial charge in [0.2, 0.25) is 5.91 Å². The molecule has 0 unspecified atom stereocenters. The van der Waals surface area contributed by atoms with Gasteiger partial charge in [-0.05, 0) is 37.3 Å². The first kappa shape index (κ1) is 15.2. The number of carboxylic acid groups (broad SMARTS) is 1. The second-order valence-electron chi connectivity index (χ2n) is 6.88. The van der Waals surface area contributed by atoms with Gasteiger partial charge >= 0.3 is 5.97 Å². The van der Waals surface area contributed by atoms with Gasteiger partial charge in [-0.25, -0.2) is 9.78 Å². The highest BCUT2D eigenvalue weighted by atomic mass is 16.4. The molecular weight excluding hydrogens is 306 g/mol. The van der Waals surface area contributed by atoms with Gasteiger partial charge in [-0.1, -0.05) is 18.9 Å². The van der Waals surface area contributed by atoms with E-state index in [0.29, 0.717) is 18.0 Å².